The molecule has 1 aromatic carbocycles. The van der Waals surface area contributed by atoms with E-state index in [2.05, 4.69) is 53.3 Å². The molecule has 1 amide bonds. The van der Waals surface area contributed by atoms with Crippen LogP contribution in [0.25, 0.3) is 11.4 Å². The van der Waals surface area contributed by atoms with E-state index >= 15 is 0 Å². The van der Waals surface area contributed by atoms with Crippen molar-refractivity contribution in [3.63, 3.8) is 0 Å². The average molecular weight is 385 g/mol. The zero-order chi connectivity index (χ0) is 20.3. The Morgan fingerprint density at radius 3 is 2.43 bits per heavy atom. The van der Waals surface area contributed by atoms with E-state index in [1.807, 2.05) is 26.0 Å². The molecule has 1 aromatic heterocycles. The molecular weight excluding hydrogens is 352 g/mol. The fourth-order valence-corrected chi connectivity index (χ4v) is 3.50. The standard InChI is InChI=1S/C22H32N4O2/c1-15(2)23-21(27)17-10-12-26(13-11-17)14-19-24-20(25-28-19)16-6-8-18(9-7-16)22(3,4)5/h6-9,15,17H,10-14H2,1-5H3,(H,23,27). The number of nitrogens with zero attached hydrogens (tertiary/aromatic N) is 3. The average Bonchev–Trinajstić information content (AvgIpc) is 3.09. The van der Waals surface area contributed by atoms with Gasteiger partial charge in [0.25, 0.3) is 0 Å². The highest BCUT2D eigenvalue weighted by Crippen LogP contribution is 2.25. The van der Waals surface area contributed by atoms with Gasteiger partial charge in [-0.05, 0) is 50.8 Å². The summed E-state index contributed by atoms with van der Waals surface area (Å²) in [5, 5.41) is 7.16. The number of amides is 1. The normalized spacial score (nSPS) is 16.5. The molecule has 152 valence electrons. The monoisotopic (exact) mass is 384 g/mol. The number of aromatic nitrogens is 2. The van der Waals surface area contributed by atoms with Crippen molar-refractivity contribution in [3.05, 3.63) is 35.7 Å². The topological polar surface area (TPSA) is 71.3 Å². The van der Waals surface area contributed by atoms with E-state index in [1.165, 1.54) is 5.56 Å². The van der Waals surface area contributed by atoms with E-state index in [1.54, 1.807) is 0 Å². The van der Waals surface area contributed by atoms with Crippen LogP contribution in [0.2, 0.25) is 0 Å². The molecule has 1 aliphatic heterocycles. The molecule has 6 nitrogen and oxygen atoms in total. The molecule has 3 rings (SSSR count). The van der Waals surface area contributed by atoms with Crippen LogP contribution < -0.4 is 5.32 Å². The Balaban J connectivity index is 1.55. The zero-order valence-corrected chi connectivity index (χ0v) is 17.7. The number of nitrogens with one attached hydrogen (secondary N) is 1. The second-order valence-electron chi connectivity index (χ2n) is 9.05. The first-order valence-corrected chi connectivity index (χ1v) is 10.2. The smallest absolute Gasteiger partial charge is 0.241 e. The Hall–Kier alpha value is -2.21. The Kier molecular flexibility index (Phi) is 6.18. The molecule has 1 aliphatic rings. The Morgan fingerprint density at radius 2 is 1.86 bits per heavy atom. The van der Waals surface area contributed by atoms with Crippen molar-refractivity contribution in [2.75, 3.05) is 13.1 Å². The summed E-state index contributed by atoms with van der Waals surface area (Å²) in [7, 11) is 0. The second kappa shape index (κ2) is 8.43. The van der Waals surface area contributed by atoms with E-state index in [-0.39, 0.29) is 23.3 Å². The van der Waals surface area contributed by atoms with Crippen LogP contribution in [-0.2, 0) is 16.8 Å². The summed E-state index contributed by atoms with van der Waals surface area (Å²) >= 11 is 0. The molecule has 0 bridgehead atoms. The number of carbonyl (C=O) groups excluding carboxylic acids is 1. The van der Waals surface area contributed by atoms with Crippen molar-refractivity contribution in [2.24, 2.45) is 5.92 Å². The SMILES string of the molecule is CC(C)NC(=O)C1CCN(Cc2nc(-c3ccc(C(C)(C)C)cc3)no2)CC1. The van der Waals surface area contributed by atoms with Gasteiger partial charge in [0.15, 0.2) is 0 Å². The van der Waals surface area contributed by atoms with Gasteiger partial charge in [0.2, 0.25) is 17.6 Å². The van der Waals surface area contributed by atoms with E-state index in [4.69, 9.17) is 4.52 Å². The van der Waals surface area contributed by atoms with Gasteiger partial charge in [0.05, 0.1) is 6.54 Å². The summed E-state index contributed by atoms with van der Waals surface area (Å²) in [4.78, 5) is 19.0. The molecule has 6 heteroatoms. The second-order valence-corrected chi connectivity index (χ2v) is 9.05. The zero-order valence-electron chi connectivity index (χ0n) is 17.7. The van der Waals surface area contributed by atoms with Gasteiger partial charge >= 0.3 is 0 Å². The quantitative estimate of drug-likeness (QED) is 0.850. The van der Waals surface area contributed by atoms with Crippen LogP contribution in [0.1, 0.15) is 58.9 Å². The molecule has 0 unspecified atom stereocenters. The minimum atomic E-state index is 0.109. The van der Waals surface area contributed by atoms with Crippen molar-refractivity contribution < 1.29 is 9.32 Å². The molecular formula is C22H32N4O2. The summed E-state index contributed by atoms with van der Waals surface area (Å²) in [5.41, 5.74) is 2.37. The number of benzene rings is 1. The van der Waals surface area contributed by atoms with E-state index in [0.29, 0.717) is 18.3 Å². The Morgan fingerprint density at radius 1 is 1.21 bits per heavy atom. The molecule has 28 heavy (non-hydrogen) atoms. The van der Waals surface area contributed by atoms with Crippen LogP contribution in [0.5, 0.6) is 0 Å². The number of piperidine rings is 1. The summed E-state index contributed by atoms with van der Waals surface area (Å²) in [6, 6.07) is 8.54. The lowest BCUT2D eigenvalue weighted by atomic mass is 9.87. The lowest BCUT2D eigenvalue weighted by molar-refractivity contribution is -0.127. The number of likely N-dealkylation sites (tertiary alicyclic amines) is 1. The molecule has 2 heterocycles. The molecule has 1 saturated heterocycles. The first-order valence-electron chi connectivity index (χ1n) is 10.2. The van der Waals surface area contributed by atoms with E-state index in [9.17, 15) is 4.79 Å². The van der Waals surface area contributed by atoms with Gasteiger partial charge in [0, 0.05) is 17.5 Å². The van der Waals surface area contributed by atoms with Gasteiger partial charge in [0.1, 0.15) is 0 Å². The lowest BCUT2D eigenvalue weighted by Crippen LogP contribution is -2.42. The summed E-state index contributed by atoms with van der Waals surface area (Å²) in [6.45, 7) is 13.0. The first kappa shape index (κ1) is 20.5. The van der Waals surface area contributed by atoms with Gasteiger partial charge < -0.3 is 9.84 Å². The third-order valence-electron chi connectivity index (χ3n) is 5.23. The number of hydrogen-bond acceptors (Lipinski definition) is 5. The van der Waals surface area contributed by atoms with Gasteiger partial charge in [-0.2, -0.15) is 4.98 Å². The highest BCUT2D eigenvalue weighted by molar-refractivity contribution is 5.78. The number of carbonyl (C=O) groups is 1. The van der Waals surface area contributed by atoms with Crippen molar-refractivity contribution in [1.82, 2.24) is 20.4 Å². The van der Waals surface area contributed by atoms with Crippen LogP contribution in [0.4, 0.5) is 0 Å². The Labute approximate surface area is 167 Å². The molecule has 0 radical (unpaired) electrons. The van der Waals surface area contributed by atoms with E-state index in [0.717, 1.165) is 31.5 Å². The fourth-order valence-electron chi connectivity index (χ4n) is 3.50. The summed E-state index contributed by atoms with van der Waals surface area (Å²) in [5.74, 6) is 1.54. The van der Waals surface area contributed by atoms with Gasteiger partial charge in [-0.25, -0.2) is 0 Å². The summed E-state index contributed by atoms with van der Waals surface area (Å²) < 4.78 is 5.46. The maximum Gasteiger partial charge on any atom is 0.241 e. The van der Waals surface area contributed by atoms with Crippen molar-refractivity contribution in [3.8, 4) is 11.4 Å². The van der Waals surface area contributed by atoms with Crippen LogP contribution >= 0.6 is 0 Å². The van der Waals surface area contributed by atoms with Crippen molar-refractivity contribution in [2.45, 2.75) is 65.5 Å². The first-order chi connectivity index (χ1) is 13.2. The van der Waals surface area contributed by atoms with Crippen LogP contribution in [0.3, 0.4) is 0 Å². The van der Waals surface area contributed by atoms with E-state index < -0.39 is 0 Å². The third kappa shape index (κ3) is 5.19. The molecule has 1 fully saturated rings. The van der Waals surface area contributed by atoms with Crippen LogP contribution in [0, 0.1) is 5.92 Å². The van der Waals surface area contributed by atoms with Crippen LogP contribution in [0.15, 0.2) is 28.8 Å². The maximum atomic E-state index is 12.1. The molecule has 1 N–H and O–H groups in total. The number of rotatable bonds is 5. The van der Waals surface area contributed by atoms with Gasteiger partial charge in [-0.15, -0.1) is 0 Å². The predicted molar refractivity (Wildman–Crippen MR) is 110 cm³/mol. The lowest BCUT2D eigenvalue weighted by Gasteiger charge is -2.30. The third-order valence-corrected chi connectivity index (χ3v) is 5.23. The highest BCUT2D eigenvalue weighted by atomic mass is 16.5. The number of hydrogen-bond donors (Lipinski definition) is 1. The minimum Gasteiger partial charge on any atom is -0.354 e. The van der Waals surface area contributed by atoms with Gasteiger partial charge in [-0.1, -0.05) is 50.2 Å². The summed E-state index contributed by atoms with van der Waals surface area (Å²) in [6.07, 6.45) is 1.74. The predicted octanol–water partition coefficient (Wildman–Crippen LogP) is 3.77. The molecule has 0 aliphatic carbocycles. The highest BCUT2D eigenvalue weighted by Gasteiger charge is 2.26. The van der Waals surface area contributed by atoms with Crippen molar-refractivity contribution >= 4 is 5.91 Å². The molecule has 0 atom stereocenters. The molecule has 2 aromatic rings. The molecule has 0 saturated carbocycles. The minimum absolute atomic E-state index is 0.109. The fraction of sp³-hybridized carbons (Fsp3) is 0.591. The maximum absolute atomic E-state index is 12.1. The van der Waals surface area contributed by atoms with Crippen LogP contribution in [-0.4, -0.2) is 40.1 Å². The molecule has 0 spiro atoms. The largest absolute Gasteiger partial charge is 0.354 e. The van der Waals surface area contributed by atoms with Gasteiger partial charge in [-0.3, -0.25) is 9.69 Å². The van der Waals surface area contributed by atoms with Crippen molar-refractivity contribution in [1.29, 1.82) is 0 Å². The Bertz CT molecular complexity index is 782.